The average molecular weight is 363 g/mol. The van der Waals surface area contributed by atoms with Gasteiger partial charge in [0.15, 0.2) is 0 Å². The highest BCUT2D eigenvalue weighted by molar-refractivity contribution is 5.93. The number of hydrogen-bond acceptors (Lipinski definition) is 3. The smallest absolute Gasteiger partial charge is 0.254 e. The van der Waals surface area contributed by atoms with Crippen molar-refractivity contribution in [1.82, 2.24) is 9.78 Å². The number of anilines is 1. The van der Waals surface area contributed by atoms with Gasteiger partial charge < -0.3 is 10.1 Å². The van der Waals surface area contributed by atoms with E-state index in [2.05, 4.69) is 18.3 Å². The van der Waals surface area contributed by atoms with Crippen molar-refractivity contribution in [2.75, 3.05) is 11.9 Å². The number of amides is 1. The first-order chi connectivity index (χ1) is 13.1. The number of ether oxygens (including phenoxy) is 1. The number of nitrogens with zero attached hydrogens (tertiary/aromatic N) is 2. The van der Waals surface area contributed by atoms with Gasteiger partial charge in [-0.3, -0.25) is 4.79 Å². The number of nitrogens with one attached hydrogen (secondary N) is 1. The number of carbonyl (C=O) groups is 1. The Balaban J connectivity index is 1.94. The summed E-state index contributed by atoms with van der Waals surface area (Å²) in [7, 11) is 0. The lowest BCUT2D eigenvalue weighted by Crippen LogP contribution is -2.28. The van der Waals surface area contributed by atoms with Gasteiger partial charge >= 0.3 is 0 Å². The molecule has 0 aliphatic heterocycles. The summed E-state index contributed by atoms with van der Waals surface area (Å²) >= 11 is 0. The van der Waals surface area contributed by atoms with Crippen LogP contribution < -0.4 is 5.32 Å². The molecule has 1 N–H and O–H groups in total. The van der Waals surface area contributed by atoms with Gasteiger partial charge in [0.25, 0.3) is 5.91 Å². The Morgan fingerprint density at radius 1 is 1.15 bits per heavy atom. The molecule has 1 amide bonds. The van der Waals surface area contributed by atoms with Crippen LogP contribution in [0.5, 0.6) is 0 Å². The number of rotatable bonds is 7. The fourth-order valence-electron chi connectivity index (χ4n) is 2.94. The Bertz CT molecular complexity index is 903. The Morgan fingerprint density at radius 2 is 1.85 bits per heavy atom. The van der Waals surface area contributed by atoms with Crippen molar-refractivity contribution in [3.05, 3.63) is 71.8 Å². The third kappa shape index (κ3) is 4.63. The highest BCUT2D eigenvalue weighted by Crippen LogP contribution is 2.25. The Morgan fingerprint density at radius 3 is 2.56 bits per heavy atom. The molecule has 5 heteroatoms. The van der Waals surface area contributed by atoms with E-state index in [0.29, 0.717) is 19.0 Å². The van der Waals surface area contributed by atoms with Crippen LogP contribution in [-0.2, 0) is 16.1 Å². The van der Waals surface area contributed by atoms with Crippen molar-refractivity contribution in [2.24, 2.45) is 0 Å². The van der Waals surface area contributed by atoms with Crippen LogP contribution in [-0.4, -0.2) is 28.4 Å². The van der Waals surface area contributed by atoms with E-state index in [1.165, 1.54) is 0 Å². The summed E-state index contributed by atoms with van der Waals surface area (Å²) in [5, 5.41) is 7.72. The van der Waals surface area contributed by atoms with Gasteiger partial charge in [0.1, 0.15) is 11.9 Å². The Kier molecular flexibility index (Phi) is 6.04. The predicted octanol–water partition coefficient (Wildman–Crippen LogP) is 4.27. The largest absolute Gasteiger partial charge is 0.369 e. The number of benzene rings is 2. The van der Waals surface area contributed by atoms with Gasteiger partial charge in [-0.25, -0.2) is 4.68 Å². The van der Waals surface area contributed by atoms with Crippen LogP contribution in [0, 0.1) is 6.92 Å². The van der Waals surface area contributed by atoms with E-state index in [0.717, 1.165) is 22.4 Å². The topological polar surface area (TPSA) is 56.1 Å². The first kappa shape index (κ1) is 18.9. The van der Waals surface area contributed by atoms with Gasteiger partial charge in [0, 0.05) is 18.2 Å². The van der Waals surface area contributed by atoms with Crippen LogP contribution in [0.25, 0.3) is 11.3 Å². The monoisotopic (exact) mass is 363 g/mol. The van der Waals surface area contributed by atoms with Crippen molar-refractivity contribution < 1.29 is 9.53 Å². The van der Waals surface area contributed by atoms with Crippen LogP contribution >= 0.6 is 0 Å². The summed E-state index contributed by atoms with van der Waals surface area (Å²) in [6.45, 7) is 6.75. The number of hydrogen-bond donors (Lipinski definition) is 1. The minimum absolute atomic E-state index is 0.178. The first-order valence-corrected chi connectivity index (χ1v) is 9.18. The van der Waals surface area contributed by atoms with Gasteiger partial charge in [-0.2, -0.15) is 5.10 Å². The summed E-state index contributed by atoms with van der Waals surface area (Å²) in [5.41, 5.74) is 4.15. The molecular formula is C22H25N3O2. The van der Waals surface area contributed by atoms with Crippen LogP contribution in [0.3, 0.4) is 0 Å². The Labute approximate surface area is 160 Å². The fraction of sp³-hybridized carbons (Fsp3) is 0.273. The molecule has 1 heterocycles. The van der Waals surface area contributed by atoms with E-state index >= 15 is 0 Å². The van der Waals surface area contributed by atoms with E-state index in [9.17, 15) is 4.79 Å². The molecule has 0 spiro atoms. The van der Waals surface area contributed by atoms with Gasteiger partial charge in [0.2, 0.25) is 0 Å². The first-order valence-electron chi connectivity index (χ1n) is 9.18. The summed E-state index contributed by atoms with van der Waals surface area (Å²) in [6.07, 6.45) is -0.517. The maximum Gasteiger partial charge on any atom is 0.254 e. The van der Waals surface area contributed by atoms with Crippen molar-refractivity contribution in [3.8, 4) is 11.3 Å². The lowest BCUT2D eigenvalue weighted by Gasteiger charge is -2.13. The maximum absolute atomic E-state index is 12.4. The zero-order chi connectivity index (χ0) is 19.2. The molecule has 1 aromatic heterocycles. The van der Waals surface area contributed by atoms with Gasteiger partial charge in [0.05, 0.1) is 12.2 Å². The third-order valence-corrected chi connectivity index (χ3v) is 4.41. The second kappa shape index (κ2) is 8.64. The molecule has 0 bridgehead atoms. The lowest BCUT2D eigenvalue weighted by molar-refractivity contribution is -0.126. The molecule has 3 rings (SSSR count). The highest BCUT2D eigenvalue weighted by atomic mass is 16.5. The summed E-state index contributed by atoms with van der Waals surface area (Å²) in [6, 6.07) is 20.1. The van der Waals surface area contributed by atoms with Crippen LogP contribution in [0.4, 0.5) is 5.82 Å². The Hall–Kier alpha value is -2.92. The molecule has 2 aromatic carbocycles. The van der Waals surface area contributed by atoms with Crippen molar-refractivity contribution in [2.45, 2.75) is 33.4 Å². The number of aryl methyl sites for hydroxylation is 1. The van der Waals surface area contributed by atoms with Crippen LogP contribution in [0.1, 0.15) is 25.0 Å². The average Bonchev–Trinajstić information content (AvgIpc) is 3.05. The van der Waals surface area contributed by atoms with E-state index in [1.807, 2.05) is 66.2 Å². The van der Waals surface area contributed by atoms with E-state index < -0.39 is 6.10 Å². The highest BCUT2D eigenvalue weighted by Gasteiger charge is 2.17. The lowest BCUT2D eigenvalue weighted by atomic mass is 10.1. The summed E-state index contributed by atoms with van der Waals surface area (Å²) in [5.74, 6) is 0.482. The van der Waals surface area contributed by atoms with Crippen molar-refractivity contribution in [1.29, 1.82) is 0 Å². The minimum Gasteiger partial charge on any atom is -0.369 e. The molecule has 27 heavy (non-hydrogen) atoms. The summed E-state index contributed by atoms with van der Waals surface area (Å²) in [4.78, 5) is 12.4. The van der Waals surface area contributed by atoms with Gasteiger partial charge in [-0.15, -0.1) is 0 Å². The molecule has 0 aliphatic carbocycles. The van der Waals surface area contributed by atoms with Crippen LogP contribution in [0.15, 0.2) is 60.7 Å². The molecule has 0 fully saturated rings. The zero-order valence-electron chi connectivity index (χ0n) is 16.0. The molecule has 3 aromatic rings. The predicted molar refractivity (Wildman–Crippen MR) is 108 cm³/mol. The quantitative estimate of drug-likeness (QED) is 0.682. The van der Waals surface area contributed by atoms with Crippen molar-refractivity contribution >= 4 is 11.7 Å². The second-order valence-corrected chi connectivity index (χ2v) is 6.46. The SMILES string of the molecule is CCOC(C)C(=O)Nc1cc(-c2ccccc2C)nn1Cc1ccccc1. The third-order valence-electron chi connectivity index (χ3n) is 4.41. The summed E-state index contributed by atoms with van der Waals surface area (Å²) < 4.78 is 7.23. The number of carbonyl (C=O) groups excluding carboxylic acids is 1. The normalized spacial score (nSPS) is 12.0. The maximum atomic E-state index is 12.4. The molecule has 0 saturated carbocycles. The molecule has 0 saturated heterocycles. The standard InChI is InChI=1S/C22H25N3O2/c1-4-27-17(3)22(26)23-21-14-20(19-13-9-8-10-16(19)2)24-25(21)15-18-11-6-5-7-12-18/h5-14,17H,4,15H2,1-3H3,(H,23,26). The molecule has 0 aliphatic rings. The van der Waals surface area contributed by atoms with Gasteiger partial charge in [-0.1, -0.05) is 54.6 Å². The molecular weight excluding hydrogens is 338 g/mol. The second-order valence-electron chi connectivity index (χ2n) is 6.46. The number of aromatic nitrogens is 2. The van der Waals surface area contributed by atoms with Gasteiger partial charge in [-0.05, 0) is 31.9 Å². The molecule has 140 valence electrons. The fourth-order valence-corrected chi connectivity index (χ4v) is 2.94. The van der Waals surface area contributed by atoms with E-state index in [4.69, 9.17) is 9.84 Å². The molecule has 0 radical (unpaired) electrons. The van der Waals surface area contributed by atoms with Crippen molar-refractivity contribution in [3.63, 3.8) is 0 Å². The molecule has 1 atom stereocenters. The van der Waals surface area contributed by atoms with E-state index in [1.54, 1.807) is 6.92 Å². The zero-order valence-corrected chi connectivity index (χ0v) is 16.0. The van der Waals surface area contributed by atoms with E-state index in [-0.39, 0.29) is 5.91 Å². The molecule has 1 unspecified atom stereocenters. The minimum atomic E-state index is -0.517. The van der Waals surface area contributed by atoms with Crippen LogP contribution in [0.2, 0.25) is 0 Å². The molecule has 5 nitrogen and oxygen atoms in total.